The van der Waals surface area contributed by atoms with Crippen LogP contribution in [-0.4, -0.2) is 20.1 Å². The first-order chi connectivity index (χ1) is 15.0. The number of hydrogen-bond donors (Lipinski definition) is 2. The van der Waals surface area contributed by atoms with Gasteiger partial charge in [-0.2, -0.15) is 13.2 Å². The summed E-state index contributed by atoms with van der Waals surface area (Å²) in [6.45, 7) is 3.40. The van der Waals surface area contributed by atoms with Crippen molar-refractivity contribution in [3.8, 4) is 11.3 Å². The Labute approximate surface area is 183 Å². The molecule has 32 heavy (non-hydrogen) atoms. The number of carbonyl (C=O) groups is 1. The van der Waals surface area contributed by atoms with E-state index in [1.54, 1.807) is 32.0 Å². The predicted octanol–water partition coefficient (Wildman–Crippen LogP) is 5.68. The minimum atomic E-state index is -4.50. The number of nitrogens with one attached hydrogen (secondary N) is 2. The molecule has 3 rings (SSSR count). The first-order valence-corrected chi connectivity index (χ1v) is 11.3. The van der Waals surface area contributed by atoms with Crippen LogP contribution in [0.1, 0.15) is 35.0 Å². The Hall–Kier alpha value is -3.27. The maximum absolute atomic E-state index is 12.9. The van der Waals surface area contributed by atoms with Crippen LogP contribution in [0.4, 0.5) is 24.5 Å². The number of alkyl halides is 3. The molecule has 0 spiro atoms. The van der Waals surface area contributed by atoms with E-state index in [0.29, 0.717) is 23.4 Å². The molecule has 170 valence electrons. The molecule has 0 bridgehead atoms. The predicted molar refractivity (Wildman–Crippen MR) is 116 cm³/mol. The van der Waals surface area contributed by atoms with Gasteiger partial charge in [0, 0.05) is 11.3 Å². The van der Waals surface area contributed by atoms with Crippen molar-refractivity contribution >= 4 is 27.3 Å². The van der Waals surface area contributed by atoms with Gasteiger partial charge in [0.05, 0.1) is 17.0 Å². The summed E-state index contributed by atoms with van der Waals surface area (Å²) in [5, 5.41) is 2.64. The summed E-state index contributed by atoms with van der Waals surface area (Å²) >= 11 is 0. The van der Waals surface area contributed by atoms with Crippen LogP contribution in [0.3, 0.4) is 0 Å². The number of halogens is 3. The van der Waals surface area contributed by atoms with Gasteiger partial charge in [-0.05, 0) is 55.3 Å². The van der Waals surface area contributed by atoms with Gasteiger partial charge in [0.25, 0.3) is 5.91 Å². The van der Waals surface area contributed by atoms with Crippen LogP contribution in [0.25, 0.3) is 11.3 Å². The SMILES string of the molecule is CCCS(=O)(=O)Nc1cccc(NC(=O)c2ccc(-c3cccc(C(F)(F)F)c3)o2)c1C. The van der Waals surface area contributed by atoms with Crippen molar-refractivity contribution in [1.29, 1.82) is 0 Å². The Bertz CT molecular complexity index is 1230. The molecule has 1 aromatic heterocycles. The minimum Gasteiger partial charge on any atom is -0.451 e. The van der Waals surface area contributed by atoms with Crippen molar-refractivity contribution in [3.63, 3.8) is 0 Å². The third-order valence-electron chi connectivity index (χ3n) is 4.62. The van der Waals surface area contributed by atoms with E-state index in [2.05, 4.69) is 10.0 Å². The summed E-state index contributed by atoms with van der Waals surface area (Å²) in [7, 11) is -3.51. The molecule has 1 heterocycles. The van der Waals surface area contributed by atoms with E-state index in [4.69, 9.17) is 4.42 Å². The quantitative estimate of drug-likeness (QED) is 0.469. The second kappa shape index (κ2) is 9.07. The van der Waals surface area contributed by atoms with E-state index in [1.807, 2.05) is 0 Å². The van der Waals surface area contributed by atoms with Gasteiger partial charge >= 0.3 is 6.18 Å². The van der Waals surface area contributed by atoms with Gasteiger partial charge in [-0.3, -0.25) is 9.52 Å². The fraction of sp³-hybridized carbons (Fsp3) is 0.227. The highest BCUT2D eigenvalue weighted by molar-refractivity contribution is 7.92. The summed E-state index contributed by atoms with van der Waals surface area (Å²) in [4.78, 5) is 12.6. The molecule has 6 nitrogen and oxygen atoms in total. The Morgan fingerprint density at radius 2 is 1.72 bits per heavy atom. The summed E-state index contributed by atoms with van der Waals surface area (Å²) in [5.41, 5.74) is 0.562. The fourth-order valence-corrected chi connectivity index (χ4v) is 4.21. The number of carbonyl (C=O) groups excluding carboxylic acids is 1. The monoisotopic (exact) mass is 466 g/mol. The molecule has 2 N–H and O–H groups in total. The molecule has 1 amide bonds. The summed E-state index contributed by atoms with van der Waals surface area (Å²) < 4.78 is 70.9. The smallest absolute Gasteiger partial charge is 0.416 e. The molecule has 10 heteroatoms. The lowest BCUT2D eigenvalue weighted by molar-refractivity contribution is -0.137. The molecule has 0 radical (unpaired) electrons. The van der Waals surface area contributed by atoms with E-state index in [1.165, 1.54) is 24.3 Å². The second-order valence-corrected chi connectivity index (χ2v) is 8.94. The van der Waals surface area contributed by atoms with E-state index in [9.17, 15) is 26.4 Å². The Kier molecular flexibility index (Phi) is 6.63. The topological polar surface area (TPSA) is 88.4 Å². The number of rotatable bonds is 7. The summed E-state index contributed by atoms with van der Waals surface area (Å²) in [6.07, 6.45) is -4.04. The second-order valence-electron chi connectivity index (χ2n) is 7.10. The highest BCUT2D eigenvalue weighted by atomic mass is 32.2. The van der Waals surface area contributed by atoms with Gasteiger partial charge in [-0.25, -0.2) is 8.42 Å². The molecule has 0 fully saturated rings. The van der Waals surface area contributed by atoms with Gasteiger partial charge in [-0.1, -0.05) is 25.1 Å². The van der Waals surface area contributed by atoms with Gasteiger partial charge in [-0.15, -0.1) is 0 Å². The van der Waals surface area contributed by atoms with Gasteiger partial charge in [0.15, 0.2) is 5.76 Å². The molecular weight excluding hydrogens is 445 g/mol. The molecule has 0 aliphatic rings. The zero-order valence-corrected chi connectivity index (χ0v) is 18.1. The Balaban J connectivity index is 1.80. The third kappa shape index (κ3) is 5.50. The molecule has 0 unspecified atom stereocenters. The molecule has 3 aromatic rings. The number of amides is 1. The molecule has 0 aliphatic carbocycles. The Morgan fingerprint density at radius 3 is 2.41 bits per heavy atom. The maximum atomic E-state index is 12.9. The number of furan rings is 1. The first-order valence-electron chi connectivity index (χ1n) is 9.69. The lowest BCUT2D eigenvalue weighted by Crippen LogP contribution is -2.18. The normalized spacial score (nSPS) is 11.9. The van der Waals surface area contributed by atoms with Crippen molar-refractivity contribution in [3.05, 3.63) is 71.5 Å². The van der Waals surface area contributed by atoms with E-state index in [-0.39, 0.29) is 22.8 Å². The van der Waals surface area contributed by atoms with Crippen LogP contribution < -0.4 is 10.0 Å². The molecule has 0 aliphatic heterocycles. The highest BCUT2D eigenvalue weighted by Gasteiger charge is 2.30. The van der Waals surface area contributed by atoms with Crippen LogP contribution in [0.15, 0.2) is 59.0 Å². The van der Waals surface area contributed by atoms with Crippen LogP contribution in [-0.2, 0) is 16.2 Å². The number of benzene rings is 2. The molecule has 2 aromatic carbocycles. The maximum Gasteiger partial charge on any atom is 0.416 e. The lowest BCUT2D eigenvalue weighted by Gasteiger charge is -2.14. The van der Waals surface area contributed by atoms with Crippen LogP contribution >= 0.6 is 0 Å². The Morgan fingerprint density at radius 1 is 1.03 bits per heavy atom. The highest BCUT2D eigenvalue weighted by Crippen LogP contribution is 2.33. The molecule has 0 saturated carbocycles. The molecule has 0 saturated heterocycles. The average Bonchev–Trinajstić information content (AvgIpc) is 3.21. The largest absolute Gasteiger partial charge is 0.451 e. The lowest BCUT2D eigenvalue weighted by atomic mass is 10.1. The van der Waals surface area contributed by atoms with Crippen molar-refractivity contribution in [2.45, 2.75) is 26.4 Å². The van der Waals surface area contributed by atoms with Crippen molar-refractivity contribution in [1.82, 2.24) is 0 Å². The fourth-order valence-electron chi connectivity index (χ4n) is 3.02. The minimum absolute atomic E-state index is 0.0340. The van der Waals surface area contributed by atoms with Crippen LogP contribution in [0.2, 0.25) is 0 Å². The van der Waals surface area contributed by atoms with E-state index < -0.39 is 27.7 Å². The van der Waals surface area contributed by atoms with E-state index in [0.717, 1.165) is 12.1 Å². The number of anilines is 2. The van der Waals surface area contributed by atoms with Gasteiger partial charge in [0.2, 0.25) is 10.0 Å². The average molecular weight is 466 g/mol. The van der Waals surface area contributed by atoms with E-state index >= 15 is 0 Å². The number of hydrogen-bond acceptors (Lipinski definition) is 4. The van der Waals surface area contributed by atoms with Gasteiger partial charge in [0.1, 0.15) is 5.76 Å². The van der Waals surface area contributed by atoms with Crippen LogP contribution in [0, 0.1) is 6.92 Å². The number of sulfonamides is 1. The zero-order valence-electron chi connectivity index (χ0n) is 17.3. The third-order valence-corrected chi connectivity index (χ3v) is 6.10. The van der Waals surface area contributed by atoms with Gasteiger partial charge < -0.3 is 9.73 Å². The molecular formula is C22H21F3N2O4S. The summed E-state index contributed by atoms with van der Waals surface area (Å²) in [5.74, 6) is -0.652. The standard InChI is InChI=1S/C22H21F3N2O4S/c1-3-12-32(29,30)27-18-9-5-8-17(14(18)2)26-21(28)20-11-10-19(31-20)15-6-4-7-16(13-15)22(23,24)25/h4-11,13,27H,3,12H2,1-2H3,(H,26,28). The summed E-state index contributed by atoms with van der Waals surface area (Å²) in [6, 6.07) is 12.1. The van der Waals surface area contributed by atoms with Crippen molar-refractivity contribution in [2.75, 3.05) is 15.8 Å². The zero-order chi connectivity index (χ0) is 23.5. The van der Waals surface area contributed by atoms with Crippen molar-refractivity contribution < 1.29 is 30.8 Å². The van der Waals surface area contributed by atoms with Crippen molar-refractivity contribution in [2.24, 2.45) is 0 Å². The molecule has 0 atom stereocenters. The van der Waals surface area contributed by atoms with Crippen LogP contribution in [0.5, 0.6) is 0 Å². The first kappa shape index (κ1) is 23.4.